The smallest absolute Gasteiger partial charge is 0.213 e. The lowest BCUT2D eigenvalue weighted by Gasteiger charge is -2.17. The van der Waals surface area contributed by atoms with Crippen molar-refractivity contribution in [3.63, 3.8) is 0 Å². The van der Waals surface area contributed by atoms with Gasteiger partial charge in [-0.2, -0.15) is 0 Å². The van der Waals surface area contributed by atoms with E-state index in [1.807, 2.05) is 42.5 Å². The maximum Gasteiger partial charge on any atom is 0.213 e. The van der Waals surface area contributed by atoms with Crippen LogP contribution in [0.4, 0.5) is 0 Å². The van der Waals surface area contributed by atoms with Crippen molar-refractivity contribution in [3.05, 3.63) is 52.8 Å². The summed E-state index contributed by atoms with van der Waals surface area (Å²) in [5.41, 5.74) is 1.68. The molecule has 0 fully saturated rings. The number of rotatable bonds is 8. The third kappa shape index (κ3) is 8.44. The number of hydrogen-bond donors (Lipinski definition) is 1. The van der Waals surface area contributed by atoms with Crippen LogP contribution in [0.25, 0.3) is 22.3 Å². The molecule has 0 spiro atoms. The van der Waals surface area contributed by atoms with Crippen LogP contribution in [0, 0.1) is 10.2 Å². The van der Waals surface area contributed by atoms with Crippen molar-refractivity contribution in [1.82, 2.24) is 4.90 Å². The predicted octanol–water partition coefficient (Wildman–Crippen LogP) is -1.66. The first kappa shape index (κ1) is 27.9. The highest BCUT2D eigenvalue weighted by Crippen LogP contribution is 2.32. The van der Waals surface area contributed by atoms with Gasteiger partial charge in [-0.3, -0.25) is 4.90 Å². The molecule has 0 bridgehead atoms. The highest BCUT2D eigenvalue weighted by Gasteiger charge is 2.12. The molecule has 3 aromatic rings. The van der Waals surface area contributed by atoms with Crippen molar-refractivity contribution in [1.29, 1.82) is 0 Å². The highest BCUT2D eigenvalue weighted by atomic mass is 35.7. The predicted molar refractivity (Wildman–Crippen MR) is 117 cm³/mol. The van der Waals surface area contributed by atoms with Crippen LogP contribution >= 0.6 is 11.6 Å². The number of fused-ring (bicyclic) bond motifs is 1. The fourth-order valence-corrected chi connectivity index (χ4v) is 3.50. The molecule has 0 aliphatic carbocycles. The van der Waals surface area contributed by atoms with Gasteiger partial charge in [0.05, 0.1) is 32.2 Å². The van der Waals surface area contributed by atoms with Gasteiger partial charge < -0.3 is 13.9 Å². The minimum absolute atomic E-state index is 0.660. The van der Waals surface area contributed by atoms with Gasteiger partial charge in [-0.1, -0.05) is 25.4 Å². The van der Waals surface area contributed by atoms with E-state index in [1.165, 1.54) is 0 Å². The lowest BCUT2D eigenvalue weighted by atomic mass is 10.1. The van der Waals surface area contributed by atoms with E-state index in [0.29, 0.717) is 16.5 Å². The molecule has 1 aromatic heterocycles. The molecule has 11 heteroatoms. The first-order chi connectivity index (χ1) is 16.1. The number of halogens is 2. The second kappa shape index (κ2) is 12.9. The topological polar surface area (TPSA) is 141 Å². The van der Waals surface area contributed by atoms with Crippen LogP contribution in [0.5, 0.6) is 11.5 Å². The molecule has 34 heavy (non-hydrogen) atoms. The van der Waals surface area contributed by atoms with Crippen LogP contribution in [0.2, 0.25) is 5.02 Å². The van der Waals surface area contributed by atoms with Crippen molar-refractivity contribution in [2.75, 3.05) is 40.4 Å². The van der Waals surface area contributed by atoms with Gasteiger partial charge >= 0.3 is 0 Å². The Labute approximate surface area is 205 Å². The molecule has 1 N–H and O–H groups in total. The summed E-state index contributed by atoms with van der Waals surface area (Å²) in [7, 11) is -1.69. The van der Waals surface area contributed by atoms with E-state index in [-0.39, 0.29) is 0 Å². The minimum Gasteiger partial charge on any atom is -0.493 e. The zero-order valence-electron chi connectivity index (χ0n) is 19.4. The normalized spacial score (nSPS) is 12.0. The molecule has 0 saturated heterocycles. The molecule has 0 radical (unpaired) electrons. The van der Waals surface area contributed by atoms with Crippen LogP contribution in [0.3, 0.4) is 0 Å². The molecule has 9 nitrogen and oxygen atoms in total. The zero-order valence-corrected chi connectivity index (χ0v) is 20.9. The molecule has 0 aliphatic rings. The molecule has 0 atom stereocenters. The summed E-state index contributed by atoms with van der Waals surface area (Å²) in [4.78, 5) is 5.94. The van der Waals surface area contributed by atoms with Gasteiger partial charge in [0.15, 0.2) is 18.0 Å². The van der Waals surface area contributed by atoms with Crippen molar-refractivity contribution >= 4 is 22.6 Å². The van der Waals surface area contributed by atoms with Crippen molar-refractivity contribution in [2.24, 2.45) is 0 Å². The van der Waals surface area contributed by atoms with E-state index in [9.17, 15) is 0 Å². The van der Waals surface area contributed by atoms with Crippen molar-refractivity contribution in [3.8, 4) is 22.8 Å². The Balaban J connectivity index is 0.000000739. The van der Waals surface area contributed by atoms with Crippen LogP contribution in [-0.2, 0) is 0 Å². The second-order valence-corrected chi connectivity index (χ2v) is 8.26. The quantitative estimate of drug-likeness (QED) is 0.376. The number of ether oxygens (including phenoxy) is 2. The summed E-state index contributed by atoms with van der Waals surface area (Å²) in [6, 6.07) is 13.4. The Kier molecular flexibility index (Phi) is 10.6. The first-order valence-corrected chi connectivity index (χ1v) is 12.1. The van der Waals surface area contributed by atoms with Gasteiger partial charge in [-0.25, -0.2) is 23.6 Å². The number of nitrogens with one attached hydrogen (secondary N) is 1. The molecule has 0 unspecified atom stereocenters. The van der Waals surface area contributed by atoms with E-state index < -0.39 is 10.2 Å². The summed E-state index contributed by atoms with van der Waals surface area (Å²) in [5, 5.41) is 2.63. The Bertz CT molecular complexity index is 1140. The SMILES string of the molecule is CCN(CC)CC[NH+]=c1cc(-c2ccc(OC)c(OC)c2)oc2ccc(Cl)cc12.[O-][Cl+3]([O-])([O-])[O-]. The Hall–Kier alpha value is -2.37. The van der Waals surface area contributed by atoms with Gasteiger partial charge in [-0.05, 0) is 49.5 Å². The summed E-state index contributed by atoms with van der Waals surface area (Å²) in [6.07, 6.45) is 0. The number of likely N-dealkylation sites (N-methyl/N-ethyl adjacent to an activating group) is 1. The molecular formula is C23H28Cl2N2O7. The van der Waals surface area contributed by atoms with Gasteiger partial charge in [0.25, 0.3) is 0 Å². The van der Waals surface area contributed by atoms with E-state index in [0.717, 1.165) is 53.8 Å². The van der Waals surface area contributed by atoms with Crippen molar-refractivity contribution in [2.45, 2.75) is 13.8 Å². The Morgan fingerprint density at radius 1 is 0.941 bits per heavy atom. The molecule has 0 amide bonds. The third-order valence-electron chi connectivity index (χ3n) is 5.03. The molecule has 0 aliphatic heterocycles. The van der Waals surface area contributed by atoms with E-state index >= 15 is 0 Å². The molecule has 2 aromatic carbocycles. The van der Waals surface area contributed by atoms with Crippen LogP contribution in [0.15, 0.2) is 46.9 Å². The van der Waals surface area contributed by atoms with Gasteiger partial charge in [-0.15, -0.1) is 10.2 Å². The Morgan fingerprint density at radius 2 is 1.59 bits per heavy atom. The maximum absolute atomic E-state index is 8.49. The van der Waals surface area contributed by atoms with Crippen molar-refractivity contribution < 1.29 is 47.8 Å². The van der Waals surface area contributed by atoms with E-state index in [1.54, 1.807) is 14.2 Å². The molecule has 186 valence electrons. The number of benzene rings is 2. The lowest BCUT2D eigenvalue weighted by Crippen LogP contribution is -2.78. The maximum atomic E-state index is 8.49. The summed E-state index contributed by atoms with van der Waals surface area (Å²) in [5.74, 6) is 2.08. The van der Waals surface area contributed by atoms with E-state index in [4.69, 9.17) is 44.1 Å². The fraction of sp³-hybridized carbons (Fsp3) is 0.348. The largest absolute Gasteiger partial charge is 0.493 e. The summed E-state index contributed by atoms with van der Waals surface area (Å²) < 4.78 is 50.9. The van der Waals surface area contributed by atoms with Crippen LogP contribution < -0.4 is 38.5 Å². The highest BCUT2D eigenvalue weighted by molar-refractivity contribution is 6.31. The summed E-state index contributed by atoms with van der Waals surface area (Å²) in [6.45, 7) is 8.22. The molecule has 1 heterocycles. The van der Waals surface area contributed by atoms with Gasteiger partial charge in [0.1, 0.15) is 11.3 Å². The molecular weight excluding hydrogens is 487 g/mol. The first-order valence-electron chi connectivity index (χ1n) is 10.5. The lowest BCUT2D eigenvalue weighted by molar-refractivity contribution is -2.00. The third-order valence-corrected chi connectivity index (χ3v) is 5.27. The van der Waals surface area contributed by atoms with Gasteiger partial charge in [0.2, 0.25) is 5.36 Å². The van der Waals surface area contributed by atoms with Crippen LogP contribution in [0.1, 0.15) is 13.8 Å². The molecule has 0 saturated carbocycles. The average Bonchev–Trinajstić information content (AvgIpc) is 2.80. The monoisotopic (exact) mass is 514 g/mol. The van der Waals surface area contributed by atoms with Gasteiger partial charge in [0, 0.05) is 10.6 Å². The summed E-state index contributed by atoms with van der Waals surface area (Å²) >= 11 is 6.24. The zero-order chi connectivity index (χ0) is 25.3. The van der Waals surface area contributed by atoms with Crippen LogP contribution in [-0.4, -0.2) is 45.3 Å². The number of hydrogen-bond acceptors (Lipinski definition) is 8. The fourth-order valence-electron chi connectivity index (χ4n) is 3.32. The Morgan fingerprint density at radius 3 is 2.18 bits per heavy atom. The standard InChI is InChI=1S/C23H27ClN2O3.ClHO4/c1-5-26(6-2)12-11-25-19-15-22(29-20-10-8-17(24)14-18(19)20)16-7-9-21(27-3)23(13-16)28-4;2-1(3,4)5/h7-10,13-15H,5-6,11-12H2,1-4H3;(H,2,3,4,5). The minimum atomic E-state index is -4.94. The number of methoxy groups -OCH3 is 2. The second-order valence-electron chi connectivity index (χ2n) is 7.07. The number of nitrogens with zero attached hydrogens (tertiary/aromatic N) is 1. The molecule has 3 rings (SSSR count). The van der Waals surface area contributed by atoms with E-state index in [2.05, 4.69) is 23.7 Å². The average molecular weight is 515 g/mol.